The van der Waals surface area contributed by atoms with E-state index in [-0.39, 0.29) is 5.91 Å². The summed E-state index contributed by atoms with van der Waals surface area (Å²) in [6.45, 7) is 0. The summed E-state index contributed by atoms with van der Waals surface area (Å²) in [4.78, 5) is 24.0. The van der Waals surface area contributed by atoms with Crippen molar-refractivity contribution < 1.29 is 4.79 Å². The van der Waals surface area contributed by atoms with Gasteiger partial charge in [-0.3, -0.25) is 4.79 Å². The summed E-state index contributed by atoms with van der Waals surface area (Å²) in [5.74, 6) is 0.283. The van der Waals surface area contributed by atoms with Gasteiger partial charge in [-0.25, -0.2) is 9.97 Å². The van der Waals surface area contributed by atoms with Gasteiger partial charge in [0.25, 0.3) is 0 Å². The van der Waals surface area contributed by atoms with Crippen molar-refractivity contribution in [3.05, 3.63) is 71.4 Å². The Labute approximate surface area is 189 Å². The third kappa shape index (κ3) is 4.57. The highest BCUT2D eigenvalue weighted by atomic mass is 32.2. The molecule has 5 nitrogen and oxygen atoms in total. The molecule has 1 aliphatic carbocycles. The molecule has 0 aliphatic heterocycles. The highest BCUT2D eigenvalue weighted by molar-refractivity contribution is 8.00. The van der Waals surface area contributed by atoms with E-state index in [2.05, 4.69) is 20.6 Å². The number of fused-ring (bicyclic) bond motifs is 3. The molecule has 0 spiro atoms. The monoisotopic (exact) mass is 446 g/mol. The molecule has 0 saturated carbocycles. The van der Waals surface area contributed by atoms with Crippen LogP contribution >= 0.6 is 23.1 Å². The number of nitrogens with zero attached hydrogens (tertiary/aromatic N) is 2. The smallest absolute Gasteiger partial charge is 0.234 e. The predicted molar refractivity (Wildman–Crippen MR) is 130 cm³/mol. The first kappa shape index (κ1) is 20.0. The van der Waals surface area contributed by atoms with E-state index < -0.39 is 0 Å². The molecule has 0 fully saturated rings. The van der Waals surface area contributed by atoms with E-state index in [1.54, 1.807) is 17.7 Å². The van der Waals surface area contributed by atoms with E-state index in [0.717, 1.165) is 45.1 Å². The Morgan fingerprint density at radius 3 is 2.52 bits per heavy atom. The maximum atomic E-state index is 12.5. The minimum Gasteiger partial charge on any atom is -0.356 e. The normalized spacial score (nSPS) is 13.0. The summed E-state index contributed by atoms with van der Waals surface area (Å²) in [6.07, 6.45) is 6.30. The van der Waals surface area contributed by atoms with E-state index in [4.69, 9.17) is 0 Å². The van der Waals surface area contributed by atoms with Crippen molar-refractivity contribution in [2.24, 2.45) is 0 Å². The summed E-state index contributed by atoms with van der Waals surface area (Å²) < 4.78 is 0. The number of hydrogen-bond donors (Lipinski definition) is 2. The first-order chi connectivity index (χ1) is 15.3. The number of anilines is 3. The number of nitrogens with one attached hydrogen (secondary N) is 2. The lowest BCUT2D eigenvalue weighted by Gasteiger charge is -2.11. The molecular weight excluding hydrogens is 424 g/mol. The number of amides is 1. The molecule has 0 radical (unpaired) electrons. The van der Waals surface area contributed by atoms with Crippen LogP contribution in [-0.2, 0) is 17.6 Å². The Morgan fingerprint density at radius 1 is 0.935 bits per heavy atom. The highest BCUT2D eigenvalue weighted by Gasteiger charge is 2.20. The van der Waals surface area contributed by atoms with Crippen LogP contribution in [0.5, 0.6) is 0 Å². The Bertz CT molecular complexity index is 1210. The van der Waals surface area contributed by atoms with Crippen LogP contribution < -0.4 is 10.6 Å². The lowest BCUT2D eigenvalue weighted by atomic mass is 9.97. The van der Waals surface area contributed by atoms with E-state index in [1.807, 2.05) is 54.6 Å². The summed E-state index contributed by atoms with van der Waals surface area (Å²) >= 11 is 3.27. The average Bonchev–Trinajstić information content (AvgIpc) is 3.19. The van der Waals surface area contributed by atoms with Crippen LogP contribution in [0.15, 0.2) is 66.0 Å². The van der Waals surface area contributed by atoms with E-state index in [0.29, 0.717) is 5.75 Å². The van der Waals surface area contributed by atoms with Gasteiger partial charge in [-0.05, 0) is 67.6 Å². The molecule has 2 heterocycles. The first-order valence-corrected chi connectivity index (χ1v) is 12.2. The fourth-order valence-electron chi connectivity index (χ4n) is 3.83. The van der Waals surface area contributed by atoms with Crippen molar-refractivity contribution in [3.8, 4) is 0 Å². The second-order valence-corrected chi connectivity index (χ2v) is 9.52. The van der Waals surface area contributed by atoms with Crippen LogP contribution in [0.1, 0.15) is 23.3 Å². The van der Waals surface area contributed by atoms with Crippen molar-refractivity contribution in [1.82, 2.24) is 9.97 Å². The molecule has 5 rings (SSSR count). The zero-order valence-corrected chi connectivity index (χ0v) is 18.6. The second-order valence-electron chi connectivity index (χ2n) is 7.48. The lowest BCUT2D eigenvalue weighted by molar-refractivity contribution is -0.113. The molecule has 0 atom stereocenters. The number of hydrogen-bond acceptors (Lipinski definition) is 6. The Morgan fingerprint density at radius 2 is 1.68 bits per heavy atom. The quantitative estimate of drug-likeness (QED) is 0.279. The minimum absolute atomic E-state index is 0.0374. The van der Waals surface area contributed by atoms with Crippen LogP contribution in [-0.4, -0.2) is 21.6 Å². The minimum atomic E-state index is -0.0374. The fraction of sp³-hybridized carbons (Fsp3) is 0.208. The van der Waals surface area contributed by atoms with E-state index in [9.17, 15) is 4.79 Å². The van der Waals surface area contributed by atoms with Gasteiger partial charge in [0.15, 0.2) is 0 Å². The van der Waals surface area contributed by atoms with Gasteiger partial charge >= 0.3 is 0 Å². The number of rotatable bonds is 6. The highest BCUT2D eigenvalue weighted by Crippen LogP contribution is 2.39. The van der Waals surface area contributed by atoms with Crippen LogP contribution in [0.3, 0.4) is 0 Å². The largest absolute Gasteiger partial charge is 0.356 e. The average molecular weight is 447 g/mol. The van der Waals surface area contributed by atoms with Gasteiger partial charge in [0, 0.05) is 27.3 Å². The van der Waals surface area contributed by atoms with E-state index >= 15 is 0 Å². The number of aromatic nitrogens is 2. The molecule has 0 bridgehead atoms. The molecule has 7 heteroatoms. The van der Waals surface area contributed by atoms with Gasteiger partial charge in [0.05, 0.1) is 5.75 Å². The summed E-state index contributed by atoms with van der Waals surface area (Å²) in [6, 6.07) is 17.7. The van der Waals surface area contributed by atoms with Crippen molar-refractivity contribution >= 4 is 56.3 Å². The lowest BCUT2D eigenvalue weighted by Crippen LogP contribution is -2.14. The maximum absolute atomic E-state index is 12.5. The van der Waals surface area contributed by atoms with Gasteiger partial charge in [0.2, 0.25) is 5.91 Å². The molecule has 156 valence electrons. The summed E-state index contributed by atoms with van der Waals surface area (Å²) in [5, 5.41) is 8.40. The molecule has 31 heavy (non-hydrogen) atoms. The van der Waals surface area contributed by atoms with Crippen molar-refractivity contribution in [3.63, 3.8) is 0 Å². The zero-order valence-electron chi connectivity index (χ0n) is 16.9. The Kier molecular flexibility index (Phi) is 5.86. The molecule has 0 unspecified atom stereocenters. The van der Waals surface area contributed by atoms with Gasteiger partial charge < -0.3 is 10.6 Å². The third-order valence-corrected chi connectivity index (χ3v) is 7.48. The molecule has 2 aromatic heterocycles. The Hall–Kier alpha value is -2.90. The SMILES string of the molecule is O=C(CSc1ncnc2sc3c(c12)CCCC3)Nc1ccc(Nc2ccccc2)cc1. The molecule has 1 amide bonds. The molecule has 4 aromatic rings. The number of carbonyl (C=O) groups is 1. The molecule has 2 aromatic carbocycles. The van der Waals surface area contributed by atoms with Gasteiger partial charge in [-0.1, -0.05) is 30.0 Å². The number of thiophene rings is 1. The van der Waals surface area contributed by atoms with Crippen LogP contribution in [0, 0.1) is 0 Å². The van der Waals surface area contributed by atoms with Gasteiger partial charge in [-0.15, -0.1) is 11.3 Å². The van der Waals surface area contributed by atoms with Crippen molar-refractivity contribution in [2.45, 2.75) is 30.7 Å². The summed E-state index contributed by atoms with van der Waals surface area (Å²) in [7, 11) is 0. The van der Waals surface area contributed by atoms with Gasteiger partial charge in [0.1, 0.15) is 16.2 Å². The molecule has 0 saturated heterocycles. The van der Waals surface area contributed by atoms with Crippen molar-refractivity contribution in [2.75, 3.05) is 16.4 Å². The predicted octanol–water partition coefficient (Wildman–Crippen LogP) is 6.04. The summed E-state index contributed by atoms with van der Waals surface area (Å²) in [5.41, 5.74) is 4.19. The van der Waals surface area contributed by atoms with Crippen molar-refractivity contribution in [1.29, 1.82) is 0 Å². The number of benzene rings is 2. The van der Waals surface area contributed by atoms with Crippen LogP contribution in [0.4, 0.5) is 17.1 Å². The number of aryl methyl sites for hydroxylation is 2. The topological polar surface area (TPSA) is 66.9 Å². The van der Waals surface area contributed by atoms with Crippen LogP contribution in [0.2, 0.25) is 0 Å². The molecular formula is C24H22N4OS2. The standard InChI is InChI=1S/C24H22N4OS2/c29-21(28-18-12-10-17(11-13-18)27-16-6-2-1-3-7-16)14-30-23-22-19-8-4-5-9-20(19)31-24(22)26-15-25-23/h1-3,6-7,10-13,15,27H,4-5,8-9,14H2,(H,28,29). The van der Waals surface area contributed by atoms with E-state index in [1.165, 1.54) is 35.0 Å². The number of thioether (sulfide) groups is 1. The van der Waals surface area contributed by atoms with Gasteiger partial charge in [-0.2, -0.15) is 0 Å². The molecule has 1 aliphatic rings. The Balaban J connectivity index is 1.22. The second kappa shape index (κ2) is 9.08. The number of carbonyl (C=O) groups excluding carboxylic acids is 1. The maximum Gasteiger partial charge on any atom is 0.234 e. The molecule has 2 N–H and O–H groups in total. The number of para-hydroxylation sites is 1. The van der Waals surface area contributed by atoms with Crippen LogP contribution in [0.25, 0.3) is 10.2 Å². The fourth-order valence-corrected chi connectivity index (χ4v) is 5.95. The zero-order chi connectivity index (χ0) is 21.0. The first-order valence-electron chi connectivity index (χ1n) is 10.4. The third-order valence-electron chi connectivity index (χ3n) is 5.29.